The van der Waals surface area contributed by atoms with Crippen LogP contribution in [-0.4, -0.2) is 22.2 Å². The Hall–Kier alpha value is -0.670. The van der Waals surface area contributed by atoms with Gasteiger partial charge in [-0.05, 0) is 54.7 Å². The van der Waals surface area contributed by atoms with Gasteiger partial charge in [0.25, 0.3) is 0 Å². The van der Waals surface area contributed by atoms with E-state index in [1.165, 1.54) is 42.6 Å². The van der Waals surface area contributed by atoms with E-state index in [0.717, 1.165) is 11.7 Å². The number of nitrogens with one attached hydrogen (secondary N) is 1. The van der Waals surface area contributed by atoms with Gasteiger partial charge in [-0.2, -0.15) is 11.8 Å². The number of aromatic hydroxyl groups is 1. The molecule has 2 aliphatic carbocycles. The average molecular weight is 277 g/mol. The van der Waals surface area contributed by atoms with Crippen molar-refractivity contribution in [2.75, 3.05) is 5.75 Å². The molecule has 0 spiro atoms. The van der Waals surface area contributed by atoms with Crippen molar-refractivity contribution in [3.8, 4) is 5.75 Å². The number of fused-ring (bicyclic) bond motifs is 1. The summed E-state index contributed by atoms with van der Waals surface area (Å²) in [5.41, 5.74) is 2.74. The van der Waals surface area contributed by atoms with Gasteiger partial charge in [0.2, 0.25) is 0 Å². The van der Waals surface area contributed by atoms with Crippen molar-refractivity contribution in [1.29, 1.82) is 0 Å². The Labute approximate surface area is 120 Å². The van der Waals surface area contributed by atoms with Crippen LogP contribution in [0.25, 0.3) is 0 Å². The largest absolute Gasteiger partial charge is 0.508 e. The van der Waals surface area contributed by atoms with Crippen LogP contribution in [0.4, 0.5) is 0 Å². The molecule has 1 aromatic rings. The number of hydrogen-bond acceptors (Lipinski definition) is 3. The highest BCUT2D eigenvalue weighted by molar-refractivity contribution is 7.99. The van der Waals surface area contributed by atoms with Gasteiger partial charge in [0.1, 0.15) is 5.75 Å². The predicted octanol–water partition coefficient (Wildman–Crippen LogP) is 3.64. The van der Waals surface area contributed by atoms with Crippen LogP contribution in [0.5, 0.6) is 5.75 Å². The molecule has 19 heavy (non-hydrogen) atoms. The van der Waals surface area contributed by atoms with Gasteiger partial charge in [0.05, 0.1) is 0 Å². The zero-order valence-corrected chi connectivity index (χ0v) is 12.4. The minimum absolute atomic E-state index is 0.402. The summed E-state index contributed by atoms with van der Waals surface area (Å²) in [5.74, 6) is 1.62. The lowest BCUT2D eigenvalue weighted by Crippen LogP contribution is -2.36. The van der Waals surface area contributed by atoms with Crippen molar-refractivity contribution >= 4 is 11.8 Å². The van der Waals surface area contributed by atoms with Gasteiger partial charge in [-0.15, -0.1) is 0 Å². The van der Waals surface area contributed by atoms with E-state index in [1.807, 2.05) is 12.1 Å². The Balaban J connectivity index is 1.69. The second-order valence-corrected chi connectivity index (χ2v) is 7.19. The Kier molecular flexibility index (Phi) is 4.04. The summed E-state index contributed by atoms with van der Waals surface area (Å²) >= 11 is 2.11. The van der Waals surface area contributed by atoms with Crippen LogP contribution in [0.1, 0.15) is 49.8 Å². The Morgan fingerprint density at radius 3 is 3.05 bits per heavy atom. The van der Waals surface area contributed by atoms with Crippen LogP contribution in [0.3, 0.4) is 0 Å². The van der Waals surface area contributed by atoms with Gasteiger partial charge in [0.15, 0.2) is 0 Å². The SMILES string of the molecule is CCSC1CCCC1NC1CCc2cc(O)ccc21. The first-order valence-corrected chi connectivity index (χ1v) is 8.52. The smallest absolute Gasteiger partial charge is 0.115 e. The molecule has 0 saturated heterocycles. The number of phenolic OH excluding ortho intramolecular Hbond substituents is 1. The topological polar surface area (TPSA) is 32.3 Å². The molecular weight excluding hydrogens is 254 g/mol. The minimum Gasteiger partial charge on any atom is -0.508 e. The van der Waals surface area contributed by atoms with Crippen LogP contribution in [0.2, 0.25) is 0 Å². The van der Waals surface area contributed by atoms with Gasteiger partial charge in [-0.1, -0.05) is 19.4 Å². The summed E-state index contributed by atoms with van der Waals surface area (Å²) in [4.78, 5) is 0. The number of phenols is 1. The normalized spacial score (nSPS) is 29.6. The van der Waals surface area contributed by atoms with Crippen molar-refractivity contribution in [1.82, 2.24) is 5.32 Å². The summed E-state index contributed by atoms with van der Waals surface area (Å²) in [7, 11) is 0. The standard InChI is InChI=1S/C16H23NOS/c1-2-19-16-5-3-4-15(16)17-14-9-6-11-10-12(18)7-8-13(11)14/h7-8,10,14-18H,2-6,9H2,1H3. The van der Waals surface area contributed by atoms with E-state index in [1.54, 1.807) is 0 Å². The molecule has 0 aliphatic heterocycles. The van der Waals surface area contributed by atoms with Crippen molar-refractivity contribution in [2.45, 2.75) is 56.4 Å². The molecule has 1 aromatic carbocycles. The highest BCUT2D eigenvalue weighted by Gasteiger charge is 2.31. The first kappa shape index (κ1) is 13.3. The maximum atomic E-state index is 9.56. The molecule has 2 N–H and O–H groups in total. The molecule has 104 valence electrons. The number of aryl methyl sites for hydroxylation is 1. The lowest BCUT2D eigenvalue weighted by atomic mass is 10.1. The molecule has 0 aromatic heterocycles. The first-order valence-electron chi connectivity index (χ1n) is 7.47. The van der Waals surface area contributed by atoms with E-state index in [4.69, 9.17) is 0 Å². The summed E-state index contributed by atoms with van der Waals surface area (Å²) in [5, 5.41) is 14.2. The number of thioether (sulfide) groups is 1. The lowest BCUT2D eigenvalue weighted by Gasteiger charge is -2.25. The lowest BCUT2D eigenvalue weighted by molar-refractivity contribution is 0.442. The second-order valence-electron chi connectivity index (χ2n) is 5.67. The third kappa shape index (κ3) is 2.77. The van der Waals surface area contributed by atoms with Crippen LogP contribution in [-0.2, 0) is 6.42 Å². The Morgan fingerprint density at radius 1 is 1.32 bits per heavy atom. The van der Waals surface area contributed by atoms with Gasteiger partial charge in [-0.3, -0.25) is 0 Å². The number of benzene rings is 1. The van der Waals surface area contributed by atoms with Gasteiger partial charge in [0, 0.05) is 17.3 Å². The summed E-state index contributed by atoms with van der Waals surface area (Å²) < 4.78 is 0. The second kappa shape index (κ2) is 5.76. The molecule has 0 heterocycles. The maximum absolute atomic E-state index is 9.56. The predicted molar refractivity (Wildman–Crippen MR) is 81.9 cm³/mol. The average Bonchev–Trinajstić information content (AvgIpc) is 2.98. The summed E-state index contributed by atoms with van der Waals surface area (Å²) in [6, 6.07) is 7.04. The monoisotopic (exact) mass is 277 g/mol. The zero-order chi connectivity index (χ0) is 13.2. The number of hydrogen-bond donors (Lipinski definition) is 2. The molecular formula is C16H23NOS. The molecule has 0 bridgehead atoms. The molecule has 0 radical (unpaired) electrons. The third-order valence-corrected chi connectivity index (χ3v) is 5.78. The molecule has 3 unspecified atom stereocenters. The molecule has 2 aliphatic rings. The van der Waals surface area contributed by atoms with Crippen LogP contribution < -0.4 is 5.32 Å². The fourth-order valence-electron chi connectivity index (χ4n) is 3.57. The zero-order valence-electron chi connectivity index (χ0n) is 11.6. The molecule has 2 nitrogen and oxygen atoms in total. The first-order chi connectivity index (χ1) is 9.28. The van der Waals surface area contributed by atoms with Crippen molar-refractivity contribution in [3.05, 3.63) is 29.3 Å². The molecule has 1 saturated carbocycles. The van der Waals surface area contributed by atoms with E-state index in [9.17, 15) is 5.11 Å². The van der Waals surface area contributed by atoms with Gasteiger partial charge < -0.3 is 10.4 Å². The van der Waals surface area contributed by atoms with E-state index < -0.39 is 0 Å². The van der Waals surface area contributed by atoms with Crippen molar-refractivity contribution in [3.63, 3.8) is 0 Å². The maximum Gasteiger partial charge on any atom is 0.115 e. The Morgan fingerprint density at radius 2 is 2.21 bits per heavy atom. The van der Waals surface area contributed by atoms with Crippen molar-refractivity contribution < 1.29 is 5.11 Å². The van der Waals surface area contributed by atoms with Gasteiger partial charge >= 0.3 is 0 Å². The van der Waals surface area contributed by atoms with E-state index in [0.29, 0.717) is 17.8 Å². The van der Waals surface area contributed by atoms with E-state index in [-0.39, 0.29) is 0 Å². The molecule has 3 atom stereocenters. The van der Waals surface area contributed by atoms with Crippen molar-refractivity contribution in [2.24, 2.45) is 0 Å². The van der Waals surface area contributed by atoms with E-state index >= 15 is 0 Å². The highest BCUT2D eigenvalue weighted by atomic mass is 32.2. The van der Waals surface area contributed by atoms with Crippen LogP contribution in [0.15, 0.2) is 18.2 Å². The fraction of sp³-hybridized carbons (Fsp3) is 0.625. The Bertz CT molecular complexity index is 448. The highest BCUT2D eigenvalue weighted by Crippen LogP contribution is 2.37. The van der Waals surface area contributed by atoms with E-state index in [2.05, 4.69) is 30.1 Å². The fourth-order valence-corrected chi connectivity index (χ4v) is 4.77. The summed E-state index contributed by atoms with van der Waals surface area (Å²) in [6.07, 6.45) is 6.33. The quantitative estimate of drug-likeness (QED) is 0.881. The minimum atomic E-state index is 0.402. The molecule has 3 heteroatoms. The van der Waals surface area contributed by atoms with Gasteiger partial charge in [-0.25, -0.2) is 0 Å². The van der Waals surface area contributed by atoms with Crippen LogP contribution in [0, 0.1) is 0 Å². The molecule has 0 amide bonds. The molecule has 1 fully saturated rings. The number of rotatable bonds is 4. The summed E-state index contributed by atoms with van der Waals surface area (Å²) in [6.45, 7) is 2.26. The van der Waals surface area contributed by atoms with Crippen LogP contribution >= 0.6 is 11.8 Å². The molecule has 3 rings (SSSR count). The third-order valence-electron chi connectivity index (χ3n) is 4.45.